The molecule has 2 aromatic heterocycles. The summed E-state index contributed by atoms with van der Waals surface area (Å²) in [4.78, 5) is 14.8. The fourth-order valence-electron chi connectivity index (χ4n) is 5.93. The summed E-state index contributed by atoms with van der Waals surface area (Å²) in [5.41, 5.74) is 8.46. The Balaban J connectivity index is 1.17. The Bertz CT molecular complexity index is 1210. The van der Waals surface area contributed by atoms with E-state index in [-0.39, 0.29) is 10.8 Å². The minimum absolute atomic E-state index is 0.0955. The number of hydrogen-bond donors (Lipinski definition) is 1. The van der Waals surface area contributed by atoms with E-state index in [0.29, 0.717) is 34.6 Å². The molecule has 4 aliphatic rings. The van der Waals surface area contributed by atoms with E-state index in [9.17, 15) is 10.5 Å². The largest absolute Gasteiger partial charge is 0.463 e. The van der Waals surface area contributed by atoms with Crippen molar-refractivity contribution in [2.24, 2.45) is 5.41 Å². The van der Waals surface area contributed by atoms with Crippen LogP contribution >= 0.6 is 11.3 Å². The summed E-state index contributed by atoms with van der Waals surface area (Å²) in [6.07, 6.45) is 6.95. The highest BCUT2D eigenvalue weighted by Gasteiger charge is 2.50. The summed E-state index contributed by atoms with van der Waals surface area (Å²) < 4.78 is 11.6. The first kappa shape index (κ1) is 22.5. The number of nitrogens with two attached hydrogens (primary N) is 1. The van der Waals surface area contributed by atoms with E-state index in [2.05, 4.69) is 31.9 Å². The lowest BCUT2D eigenvalue weighted by Gasteiger charge is -2.53. The Labute approximate surface area is 209 Å². The Hall–Kier alpha value is -2.92. The fraction of sp³-hybridized carbons (Fsp3) is 0.600. The van der Waals surface area contributed by atoms with Crippen LogP contribution in [-0.2, 0) is 16.6 Å². The zero-order valence-electron chi connectivity index (χ0n) is 19.8. The van der Waals surface area contributed by atoms with Crippen LogP contribution in [0.5, 0.6) is 6.01 Å². The van der Waals surface area contributed by atoms with Crippen molar-refractivity contribution in [2.75, 3.05) is 63.2 Å². The Kier molecular flexibility index (Phi) is 5.56. The SMILES string of the molecule is N#Cc1cnc(OCC2(CN3CCOCC3)CC2)nc1N1CC2(CCCc3sc(N)c(C#N)c32)C1. The minimum Gasteiger partial charge on any atom is -0.463 e. The maximum absolute atomic E-state index is 9.72. The zero-order valence-corrected chi connectivity index (χ0v) is 20.6. The van der Waals surface area contributed by atoms with Gasteiger partial charge in [-0.2, -0.15) is 15.5 Å². The van der Waals surface area contributed by atoms with Gasteiger partial charge in [-0.15, -0.1) is 11.3 Å². The van der Waals surface area contributed by atoms with Crippen LogP contribution in [0, 0.1) is 28.1 Å². The Morgan fingerprint density at radius 2 is 1.97 bits per heavy atom. The highest BCUT2D eigenvalue weighted by molar-refractivity contribution is 7.16. The molecule has 2 aliphatic carbocycles. The molecule has 1 saturated carbocycles. The lowest BCUT2D eigenvalue weighted by atomic mass is 9.66. The molecule has 2 N–H and O–H groups in total. The molecule has 10 heteroatoms. The molecule has 4 heterocycles. The second-order valence-corrected chi connectivity index (χ2v) is 11.6. The molecule has 2 saturated heterocycles. The molecule has 182 valence electrons. The summed E-state index contributed by atoms with van der Waals surface area (Å²) in [6.45, 7) is 6.58. The third-order valence-corrected chi connectivity index (χ3v) is 9.07. The second kappa shape index (κ2) is 8.63. The third kappa shape index (κ3) is 4.00. The monoisotopic (exact) mass is 491 g/mol. The van der Waals surface area contributed by atoms with Crippen molar-refractivity contribution in [1.82, 2.24) is 14.9 Å². The Morgan fingerprint density at radius 3 is 2.69 bits per heavy atom. The van der Waals surface area contributed by atoms with Crippen molar-refractivity contribution in [2.45, 2.75) is 37.5 Å². The predicted octanol–water partition coefficient (Wildman–Crippen LogP) is 2.45. The van der Waals surface area contributed by atoms with Crippen molar-refractivity contribution >= 4 is 22.2 Å². The number of anilines is 2. The second-order valence-electron chi connectivity index (χ2n) is 10.4. The molecule has 2 aromatic rings. The van der Waals surface area contributed by atoms with Crippen molar-refractivity contribution in [1.29, 1.82) is 10.5 Å². The quantitative estimate of drug-likeness (QED) is 0.649. The van der Waals surface area contributed by atoms with Gasteiger partial charge in [-0.1, -0.05) is 0 Å². The molecule has 6 rings (SSSR count). The first-order valence-corrected chi connectivity index (χ1v) is 13.1. The number of morpholine rings is 1. The van der Waals surface area contributed by atoms with E-state index in [0.717, 1.165) is 83.6 Å². The summed E-state index contributed by atoms with van der Waals surface area (Å²) in [7, 11) is 0. The number of hydrogen-bond acceptors (Lipinski definition) is 10. The van der Waals surface area contributed by atoms with Crippen LogP contribution in [0.2, 0.25) is 0 Å². The molecule has 0 atom stereocenters. The molecule has 0 bridgehead atoms. The van der Waals surface area contributed by atoms with Gasteiger partial charge in [-0.05, 0) is 37.7 Å². The topological polar surface area (TPSA) is 124 Å². The first-order valence-electron chi connectivity index (χ1n) is 12.3. The van der Waals surface area contributed by atoms with Crippen LogP contribution in [0.25, 0.3) is 0 Å². The molecule has 3 fully saturated rings. The number of fused-ring (bicyclic) bond motifs is 2. The van der Waals surface area contributed by atoms with Crippen LogP contribution in [0.1, 0.15) is 47.3 Å². The maximum atomic E-state index is 9.72. The van der Waals surface area contributed by atoms with Gasteiger partial charge in [0.05, 0.1) is 31.6 Å². The van der Waals surface area contributed by atoms with E-state index < -0.39 is 0 Å². The van der Waals surface area contributed by atoms with Gasteiger partial charge in [0.1, 0.15) is 22.7 Å². The van der Waals surface area contributed by atoms with E-state index in [1.807, 2.05) is 0 Å². The lowest BCUT2D eigenvalue weighted by Crippen LogP contribution is -2.61. The standard InChI is InChI=1S/C25H29N7O2S/c26-10-17-12-29-23(34-16-24(4-5-24)13-31-6-8-33-9-7-31)30-22(17)32-14-25(15-32)3-1-2-19-20(25)18(11-27)21(28)35-19/h12H,1-9,13-16,28H2. The highest BCUT2D eigenvalue weighted by Crippen LogP contribution is 2.51. The normalized spacial score (nSPS) is 22.1. The number of aromatic nitrogens is 2. The predicted molar refractivity (Wildman–Crippen MR) is 131 cm³/mol. The van der Waals surface area contributed by atoms with Crippen LogP contribution in [0.4, 0.5) is 10.8 Å². The molecular weight excluding hydrogens is 462 g/mol. The lowest BCUT2D eigenvalue weighted by molar-refractivity contribution is 0.0231. The number of rotatable bonds is 6. The van der Waals surface area contributed by atoms with Gasteiger partial charge in [0.15, 0.2) is 5.82 Å². The van der Waals surface area contributed by atoms with Crippen LogP contribution in [0.3, 0.4) is 0 Å². The zero-order chi connectivity index (χ0) is 24.0. The molecular formula is C25H29N7O2S. The number of nitriles is 2. The first-order chi connectivity index (χ1) is 17.0. The van der Waals surface area contributed by atoms with E-state index in [1.54, 1.807) is 17.5 Å². The summed E-state index contributed by atoms with van der Waals surface area (Å²) in [6, 6.07) is 4.90. The number of nitrogen functional groups attached to an aromatic ring is 1. The number of thiophene rings is 1. The molecule has 0 aromatic carbocycles. The van der Waals surface area contributed by atoms with Crippen LogP contribution in [0.15, 0.2) is 6.20 Å². The van der Waals surface area contributed by atoms with Crippen molar-refractivity contribution < 1.29 is 9.47 Å². The summed E-state index contributed by atoms with van der Waals surface area (Å²) in [5, 5.41) is 20.1. The Morgan fingerprint density at radius 1 is 1.17 bits per heavy atom. The van der Waals surface area contributed by atoms with Crippen molar-refractivity contribution in [3.63, 3.8) is 0 Å². The van der Waals surface area contributed by atoms with Crippen LogP contribution < -0.4 is 15.4 Å². The molecule has 2 aliphatic heterocycles. The summed E-state index contributed by atoms with van der Waals surface area (Å²) in [5.74, 6) is 0.620. The average molecular weight is 492 g/mol. The number of aryl methyl sites for hydroxylation is 1. The molecule has 0 unspecified atom stereocenters. The van der Waals surface area contributed by atoms with Crippen LogP contribution in [-0.4, -0.2) is 67.4 Å². The summed E-state index contributed by atoms with van der Waals surface area (Å²) >= 11 is 1.56. The van der Waals surface area contributed by atoms with Gasteiger partial charge in [-0.25, -0.2) is 4.98 Å². The highest BCUT2D eigenvalue weighted by atomic mass is 32.1. The van der Waals surface area contributed by atoms with Gasteiger partial charge in [0, 0.05) is 48.4 Å². The van der Waals surface area contributed by atoms with Crippen molar-refractivity contribution in [3.05, 3.63) is 27.8 Å². The van der Waals surface area contributed by atoms with E-state index in [4.69, 9.17) is 15.2 Å². The van der Waals surface area contributed by atoms with Crippen molar-refractivity contribution in [3.8, 4) is 18.1 Å². The maximum Gasteiger partial charge on any atom is 0.318 e. The van der Waals surface area contributed by atoms with Gasteiger partial charge in [-0.3, -0.25) is 4.90 Å². The average Bonchev–Trinajstić information content (AvgIpc) is 3.53. The van der Waals surface area contributed by atoms with E-state index >= 15 is 0 Å². The molecule has 0 radical (unpaired) electrons. The third-order valence-electron chi connectivity index (χ3n) is 7.99. The van der Waals surface area contributed by atoms with Gasteiger partial charge in [0.25, 0.3) is 0 Å². The number of ether oxygens (including phenoxy) is 2. The van der Waals surface area contributed by atoms with E-state index in [1.165, 1.54) is 4.88 Å². The minimum atomic E-state index is -0.0955. The van der Waals surface area contributed by atoms with Gasteiger partial charge in [0.2, 0.25) is 0 Å². The molecule has 9 nitrogen and oxygen atoms in total. The number of nitrogens with zero attached hydrogens (tertiary/aromatic N) is 6. The smallest absolute Gasteiger partial charge is 0.318 e. The molecule has 0 amide bonds. The molecule has 35 heavy (non-hydrogen) atoms. The fourth-order valence-corrected chi connectivity index (χ4v) is 7.11. The van der Waals surface area contributed by atoms with Gasteiger partial charge >= 0.3 is 6.01 Å². The van der Waals surface area contributed by atoms with Gasteiger partial charge < -0.3 is 20.1 Å². The molecule has 1 spiro atoms.